The molecule has 6 nitrogen and oxygen atoms in total. The number of carbonyl (C=O) groups is 3. The minimum atomic E-state index is -0.879. The monoisotopic (exact) mass is 512 g/mol. The zero-order valence-electron chi connectivity index (χ0n) is 19.6. The topological polar surface area (TPSA) is 84.5 Å². The van der Waals surface area contributed by atoms with Crippen molar-refractivity contribution in [3.63, 3.8) is 0 Å². The van der Waals surface area contributed by atoms with E-state index in [-0.39, 0.29) is 33.5 Å². The van der Waals surface area contributed by atoms with Crippen LogP contribution in [0.3, 0.4) is 0 Å². The molecule has 1 atom stereocenters. The highest BCUT2D eigenvalue weighted by Gasteiger charge is 2.27. The summed E-state index contributed by atoms with van der Waals surface area (Å²) in [6.07, 6.45) is 0. The Bertz CT molecular complexity index is 1240. The molecule has 182 valence electrons. The number of para-hydroxylation sites is 1. The van der Waals surface area contributed by atoms with Crippen LogP contribution in [0.2, 0.25) is 10.0 Å². The number of hydrogen-bond donors (Lipinski definition) is 2. The maximum atomic E-state index is 13.3. The van der Waals surface area contributed by atoms with Crippen molar-refractivity contribution in [1.29, 1.82) is 0 Å². The molecule has 35 heavy (non-hydrogen) atoms. The first kappa shape index (κ1) is 26.3. The van der Waals surface area contributed by atoms with Crippen LogP contribution in [0, 0.1) is 5.92 Å². The van der Waals surface area contributed by atoms with Crippen molar-refractivity contribution < 1.29 is 19.1 Å². The molecule has 2 amide bonds. The Hall–Kier alpha value is -3.35. The Morgan fingerprint density at radius 3 is 2.20 bits per heavy atom. The van der Waals surface area contributed by atoms with E-state index in [0.717, 1.165) is 0 Å². The SMILES string of the molecule is CCOc1ccccc1C(=O)N[C@@H](C(=O)Nc1ccc(Cl)cc1C(=O)c1ccccc1Cl)C(C)C. The largest absolute Gasteiger partial charge is 0.493 e. The standard InChI is InChI=1S/C27H26Cl2N2O4/c1-4-35-23-12-8-6-10-19(23)26(33)31-24(16(2)3)27(34)30-22-14-13-17(28)15-20(22)25(32)18-9-5-7-11-21(18)29/h5-16,24H,4H2,1-3H3,(H,30,34)(H,31,33)/t24-/m1/s1. The van der Waals surface area contributed by atoms with Gasteiger partial charge in [-0.1, -0.05) is 61.3 Å². The number of halogens is 2. The summed E-state index contributed by atoms with van der Waals surface area (Å²) in [5.41, 5.74) is 1.07. The zero-order chi connectivity index (χ0) is 25.5. The second-order valence-corrected chi connectivity index (χ2v) is 8.96. The highest BCUT2D eigenvalue weighted by atomic mass is 35.5. The summed E-state index contributed by atoms with van der Waals surface area (Å²) in [4.78, 5) is 39.5. The average molecular weight is 513 g/mol. The summed E-state index contributed by atoms with van der Waals surface area (Å²) in [7, 11) is 0. The minimum absolute atomic E-state index is 0.189. The van der Waals surface area contributed by atoms with Crippen molar-refractivity contribution in [3.05, 3.63) is 93.5 Å². The summed E-state index contributed by atoms with van der Waals surface area (Å²) in [5, 5.41) is 6.19. The van der Waals surface area contributed by atoms with E-state index >= 15 is 0 Å². The second kappa shape index (κ2) is 11.9. The van der Waals surface area contributed by atoms with E-state index < -0.39 is 17.9 Å². The van der Waals surface area contributed by atoms with Crippen molar-refractivity contribution in [1.82, 2.24) is 5.32 Å². The Labute approximate surface area is 214 Å². The molecule has 0 unspecified atom stereocenters. The summed E-state index contributed by atoms with van der Waals surface area (Å²) in [6, 6.07) is 17.2. The van der Waals surface area contributed by atoms with Gasteiger partial charge in [0.05, 0.1) is 22.9 Å². The maximum absolute atomic E-state index is 13.3. The summed E-state index contributed by atoms with van der Waals surface area (Å²) in [6.45, 7) is 5.86. The molecule has 0 aliphatic carbocycles. The minimum Gasteiger partial charge on any atom is -0.493 e. The molecule has 8 heteroatoms. The first-order chi connectivity index (χ1) is 16.7. The molecule has 3 rings (SSSR count). The fourth-order valence-corrected chi connectivity index (χ4v) is 3.90. The van der Waals surface area contributed by atoms with E-state index in [2.05, 4.69) is 10.6 Å². The molecule has 0 saturated heterocycles. The van der Waals surface area contributed by atoms with Gasteiger partial charge in [-0.2, -0.15) is 0 Å². The molecule has 3 aromatic rings. The zero-order valence-corrected chi connectivity index (χ0v) is 21.1. The summed E-state index contributed by atoms with van der Waals surface area (Å²) >= 11 is 12.4. The molecule has 3 aromatic carbocycles. The van der Waals surface area contributed by atoms with Gasteiger partial charge in [-0.3, -0.25) is 14.4 Å². The Balaban J connectivity index is 1.87. The average Bonchev–Trinajstić information content (AvgIpc) is 2.83. The molecule has 0 aliphatic rings. The Morgan fingerprint density at radius 1 is 0.886 bits per heavy atom. The first-order valence-electron chi connectivity index (χ1n) is 11.1. The van der Waals surface area contributed by atoms with E-state index in [4.69, 9.17) is 27.9 Å². The number of rotatable bonds is 9. The van der Waals surface area contributed by atoms with Crippen LogP contribution in [0.1, 0.15) is 47.1 Å². The molecule has 0 saturated carbocycles. The third-order valence-electron chi connectivity index (χ3n) is 5.27. The van der Waals surface area contributed by atoms with Gasteiger partial charge in [0.15, 0.2) is 5.78 Å². The lowest BCUT2D eigenvalue weighted by molar-refractivity contribution is -0.118. The van der Waals surface area contributed by atoms with Crippen molar-refractivity contribution in [2.24, 2.45) is 5.92 Å². The van der Waals surface area contributed by atoms with Gasteiger partial charge in [-0.25, -0.2) is 0 Å². The Kier molecular flexibility index (Phi) is 8.90. The van der Waals surface area contributed by atoms with Gasteiger partial charge in [0.25, 0.3) is 5.91 Å². The van der Waals surface area contributed by atoms with Gasteiger partial charge in [-0.05, 0) is 55.3 Å². The summed E-state index contributed by atoms with van der Waals surface area (Å²) < 4.78 is 5.54. The lowest BCUT2D eigenvalue weighted by atomic mass is 9.99. The van der Waals surface area contributed by atoms with Gasteiger partial charge < -0.3 is 15.4 Å². The second-order valence-electron chi connectivity index (χ2n) is 8.11. The normalized spacial score (nSPS) is 11.6. The van der Waals surface area contributed by atoms with Crippen LogP contribution < -0.4 is 15.4 Å². The van der Waals surface area contributed by atoms with Gasteiger partial charge in [0.1, 0.15) is 11.8 Å². The molecular weight excluding hydrogens is 487 g/mol. The molecule has 0 spiro atoms. The van der Waals surface area contributed by atoms with Crippen LogP contribution in [-0.4, -0.2) is 30.2 Å². The fourth-order valence-electron chi connectivity index (χ4n) is 3.50. The van der Waals surface area contributed by atoms with E-state index in [9.17, 15) is 14.4 Å². The van der Waals surface area contributed by atoms with Crippen LogP contribution in [0.25, 0.3) is 0 Å². The van der Waals surface area contributed by atoms with E-state index in [1.807, 2.05) is 20.8 Å². The molecule has 0 heterocycles. The number of hydrogen-bond acceptors (Lipinski definition) is 4. The molecule has 0 bridgehead atoms. The molecule has 2 N–H and O–H groups in total. The lowest BCUT2D eigenvalue weighted by Gasteiger charge is -2.23. The smallest absolute Gasteiger partial charge is 0.255 e. The first-order valence-corrected chi connectivity index (χ1v) is 11.9. The van der Waals surface area contributed by atoms with E-state index in [1.54, 1.807) is 60.7 Å². The predicted octanol–water partition coefficient (Wildman–Crippen LogP) is 6.02. The maximum Gasteiger partial charge on any atom is 0.255 e. The number of ether oxygens (including phenoxy) is 1. The van der Waals surface area contributed by atoms with Crippen LogP contribution in [0.15, 0.2) is 66.7 Å². The van der Waals surface area contributed by atoms with E-state index in [1.165, 1.54) is 6.07 Å². The van der Waals surface area contributed by atoms with Crippen molar-refractivity contribution in [2.45, 2.75) is 26.8 Å². The van der Waals surface area contributed by atoms with Crippen molar-refractivity contribution in [3.8, 4) is 5.75 Å². The van der Waals surface area contributed by atoms with Gasteiger partial charge in [-0.15, -0.1) is 0 Å². The number of carbonyl (C=O) groups excluding carboxylic acids is 3. The molecule has 0 radical (unpaired) electrons. The van der Waals surface area contributed by atoms with Gasteiger partial charge in [0, 0.05) is 16.1 Å². The highest BCUT2D eigenvalue weighted by molar-refractivity contribution is 6.36. The van der Waals surface area contributed by atoms with Gasteiger partial charge >= 0.3 is 0 Å². The number of amides is 2. The number of anilines is 1. The van der Waals surface area contributed by atoms with Crippen LogP contribution in [0.4, 0.5) is 5.69 Å². The fraction of sp³-hybridized carbons (Fsp3) is 0.222. The third-order valence-corrected chi connectivity index (χ3v) is 5.83. The lowest BCUT2D eigenvalue weighted by Crippen LogP contribution is -2.47. The third kappa shape index (κ3) is 6.41. The molecular formula is C27H26Cl2N2O4. The van der Waals surface area contributed by atoms with Crippen LogP contribution in [-0.2, 0) is 4.79 Å². The number of ketones is 1. The molecule has 0 aromatic heterocycles. The van der Waals surface area contributed by atoms with Crippen LogP contribution >= 0.6 is 23.2 Å². The molecule has 0 fully saturated rings. The Morgan fingerprint density at radius 2 is 1.54 bits per heavy atom. The van der Waals surface area contributed by atoms with Crippen molar-refractivity contribution >= 4 is 46.5 Å². The van der Waals surface area contributed by atoms with Gasteiger partial charge in [0.2, 0.25) is 5.91 Å². The number of nitrogens with one attached hydrogen (secondary N) is 2. The van der Waals surface area contributed by atoms with Crippen LogP contribution in [0.5, 0.6) is 5.75 Å². The summed E-state index contributed by atoms with van der Waals surface area (Å²) in [5.74, 6) is -1.11. The number of benzene rings is 3. The quantitative estimate of drug-likeness (QED) is 0.343. The van der Waals surface area contributed by atoms with Crippen molar-refractivity contribution in [2.75, 3.05) is 11.9 Å². The van der Waals surface area contributed by atoms with E-state index in [0.29, 0.717) is 22.9 Å². The highest BCUT2D eigenvalue weighted by Crippen LogP contribution is 2.27. The predicted molar refractivity (Wildman–Crippen MR) is 139 cm³/mol. The molecule has 0 aliphatic heterocycles.